The van der Waals surface area contributed by atoms with Crippen LogP contribution in [0.3, 0.4) is 0 Å². The number of hydrogen-bond acceptors (Lipinski definition) is 5. The van der Waals surface area contributed by atoms with Gasteiger partial charge in [0, 0.05) is 18.2 Å². The molecule has 0 unspecified atom stereocenters. The molecular formula is C19H21N5O2. The van der Waals surface area contributed by atoms with E-state index in [2.05, 4.69) is 16.5 Å². The molecule has 3 aromatic rings. The summed E-state index contributed by atoms with van der Waals surface area (Å²) in [6.07, 6.45) is 0. The number of allylic oxidation sites excluding steroid dienone is 1. The normalized spacial score (nSPS) is 12.0. The number of rotatable bonds is 4. The van der Waals surface area contributed by atoms with Gasteiger partial charge in [-0.05, 0) is 48.4 Å². The van der Waals surface area contributed by atoms with E-state index in [1.54, 1.807) is 13.1 Å². The van der Waals surface area contributed by atoms with Gasteiger partial charge in [0.1, 0.15) is 0 Å². The summed E-state index contributed by atoms with van der Waals surface area (Å²) in [6, 6.07) is 13.6. The quantitative estimate of drug-likeness (QED) is 0.443. The fourth-order valence-electron chi connectivity index (χ4n) is 2.93. The molecule has 0 saturated carbocycles. The van der Waals surface area contributed by atoms with Gasteiger partial charge in [-0.3, -0.25) is 0 Å². The molecule has 0 amide bonds. The van der Waals surface area contributed by atoms with Crippen molar-refractivity contribution in [2.24, 2.45) is 12.9 Å². The predicted octanol–water partition coefficient (Wildman–Crippen LogP) is 2.36. The van der Waals surface area contributed by atoms with Crippen molar-refractivity contribution >= 4 is 11.3 Å². The molecule has 3 rings (SSSR count). The summed E-state index contributed by atoms with van der Waals surface area (Å²) >= 11 is 0. The summed E-state index contributed by atoms with van der Waals surface area (Å²) < 4.78 is 2.41. The molecule has 1 heterocycles. The van der Waals surface area contributed by atoms with E-state index in [1.165, 1.54) is 9.36 Å². The maximum atomic E-state index is 12.3. The van der Waals surface area contributed by atoms with Crippen molar-refractivity contribution in [2.75, 3.05) is 0 Å². The summed E-state index contributed by atoms with van der Waals surface area (Å²) in [4.78, 5) is 17.6. The summed E-state index contributed by atoms with van der Waals surface area (Å²) in [6.45, 7) is 5.90. The summed E-state index contributed by atoms with van der Waals surface area (Å²) in [7, 11) is 1.55. The first-order valence-corrected chi connectivity index (χ1v) is 8.18. The van der Waals surface area contributed by atoms with Crippen LogP contribution in [0.25, 0.3) is 17.0 Å². The topological polar surface area (TPSA) is 88.0 Å². The molecular weight excluding hydrogens is 330 g/mol. The van der Waals surface area contributed by atoms with Crippen molar-refractivity contribution in [1.82, 2.24) is 19.8 Å². The average Bonchev–Trinajstić information content (AvgIpc) is 2.96. The minimum absolute atomic E-state index is 0.346. The Balaban J connectivity index is 2.29. The second-order valence-electron chi connectivity index (χ2n) is 6.21. The number of nitrogens with two attached hydrogens (primary N) is 1. The molecule has 0 bridgehead atoms. The predicted molar refractivity (Wildman–Crippen MR) is 100 cm³/mol. The fourth-order valence-corrected chi connectivity index (χ4v) is 2.93. The maximum absolute atomic E-state index is 12.3. The zero-order valence-corrected chi connectivity index (χ0v) is 15.2. The Bertz CT molecular complexity index is 1050. The number of aromatic nitrogens is 4. The van der Waals surface area contributed by atoms with Gasteiger partial charge in [-0.25, -0.2) is 4.79 Å². The van der Waals surface area contributed by atoms with E-state index in [0.717, 1.165) is 22.3 Å². The van der Waals surface area contributed by atoms with Gasteiger partial charge in [-0.1, -0.05) is 42.0 Å². The van der Waals surface area contributed by atoms with Crippen molar-refractivity contribution in [2.45, 2.75) is 20.8 Å². The third-order valence-electron chi connectivity index (χ3n) is 4.34. The lowest BCUT2D eigenvalue weighted by Crippen LogP contribution is -2.23. The van der Waals surface area contributed by atoms with Crippen LogP contribution in [0.1, 0.15) is 29.2 Å². The van der Waals surface area contributed by atoms with Gasteiger partial charge in [0.05, 0.1) is 5.69 Å². The lowest BCUT2D eigenvalue weighted by atomic mass is 9.97. The van der Waals surface area contributed by atoms with E-state index in [-0.39, 0.29) is 5.69 Å². The zero-order valence-electron chi connectivity index (χ0n) is 15.2. The van der Waals surface area contributed by atoms with Crippen LogP contribution in [0.15, 0.2) is 47.3 Å². The van der Waals surface area contributed by atoms with E-state index in [1.807, 2.05) is 51.1 Å². The average molecular weight is 351 g/mol. The van der Waals surface area contributed by atoms with E-state index in [4.69, 9.17) is 10.7 Å². The molecule has 0 fully saturated rings. The Morgan fingerprint density at radius 3 is 2.46 bits per heavy atom. The third kappa shape index (κ3) is 3.04. The second kappa shape index (κ2) is 6.97. The van der Waals surface area contributed by atoms with Crippen molar-refractivity contribution in [1.29, 1.82) is 0 Å². The lowest BCUT2D eigenvalue weighted by molar-refractivity contribution is 0.291. The summed E-state index contributed by atoms with van der Waals surface area (Å²) in [5.74, 6) is 6.14. The van der Waals surface area contributed by atoms with Crippen LogP contribution in [-0.2, 0) is 11.9 Å². The third-order valence-corrected chi connectivity index (χ3v) is 4.34. The monoisotopic (exact) mass is 351 g/mol. The first-order valence-electron chi connectivity index (χ1n) is 8.18. The summed E-state index contributed by atoms with van der Waals surface area (Å²) in [5, 5.41) is 7.74. The first kappa shape index (κ1) is 17.6. The van der Waals surface area contributed by atoms with Crippen LogP contribution in [0.2, 0.25) is 0 Å². The molecule has 0 atom stereocenters. The molecule has 7 nitrogen and oxygen atoms in total. The lowest BCUT2D eigenvalue weighted by Gasteiger charge is -2.16. The number of nitrogens with zero attached hydrogens (tertiary/aromatic N) is 4. The van der Waals surface area contributed by atoms with Crippen molar-refractivity contribution < 1.29 is 4.84 Å². The molecule has 2 aromatic carbocycles. The van der Waals surface area contributed by atoms with Gasteiger partial charge in [-0.2, -0.15) is 15.3 Å². The Labute approximate surface area is 151 Å². The van der Waals surface area contributed by atoms with E-state index in [0.29, 0.717) is 17.0 Å². The highest BCUT2D eigenvalue weighted by atomic mass is 16.6. The number of tetrazole rings is 1. The highest BCUT2D eigenvalue weighted by molar-refractivity contribution is 5.89. The molecule has 0 aliphatic rings. The van der Waals surface area contributed by atoms with Gasteiger partial charge in [0.2, 0.25) is 0 Å². The molecule has 7 heteroatoms. The Morgan fingerprint density at radius 2 is 1.85 bits per heavy atom. The molecule has 0 radical (unpaired) electrons. The van der Waals surface area contributed by atoms with Crippen molar-refractivity contribution in [3.63, 3.8) is 0 Å². The molecule has 134 valence electrons. The van der Waals surface area contributed by atoms with E-state index < -0.39 is 0 Å². The largest absolute Gasteiger partial charge is 0.410 e. The fraction of sp³-hybridized carbons (Fsp3) is 0.211. The smallest absolute Gasteiger partial charge is 0.368 e. The van der Waals surface area contributed by atoms with Crippen LogP contribution in [0.5, 0.6) is 0 Å². The minimum Gasteiger partial charge on any atom is -0.410 e. The summed E-state index contributed by atoms with van der Waals surface area (Å²) in [5.41, 5.74) is 4.82. The molecule has 0 saturated heterocycles. The van der Waals surface area contributed by atoms with Crippen LogP contribution >= 0.6 is 0 Å². The van der Waals surface area contributed by atoms with Crippen LogP contribution < -0.4 is 11.6 Å². The highest BCUT2D eigenvalue weighted by Crippen LogP contribution is 2.32. The highest BCUT2D eigenvalue weighted by Gasteiger charge is 2.20. The molecule has 0 aliphatic heterocycles. The Kier molecular flexibility index (Phi) is 4.73. The second-order valence-corrected chi connectivity index (χ2v) is 6.21. The van der Waals surface area contributed by atoms with Crippen LogP contribution in [-0.4, -0.2) is 19.8 Å². The molecule has 0 aliphatic carbocycles. The maximum Gasteiger partial charge on any atom is 0.368 e. The van der Waals surface area contributed by atoms with Crippen molar-refractivity contribution in [3.05, 3.63) is 75.2 Å². The Hall–Kier alpha value is -3.19. The van der Waals surface area contributed by atoms with Gasteiger partial charge in [0.15, 0.2) is 5.76 Å². The minimum atomic E-state index is -0.346. The number of benzene rings is 2. The van der Waals surface area contributed by atoms with Gasteiger partial charge < -0.3 is 4.84 Å². The standard InChI is InChI=1S/C19H21N5O2/c1-12-7-5-9-15(11-12)14(3)18(26-20)17-13(2)8-6-10-16(17)24-19(25)23(4)21-22-24/h5-11H,20H2,1-4H3/b18-14+. The molecule has 0 spiro atoms. The van der Waals surface area contributed by atoms with E-state index >= 15 is 0 Å². The van der Waals surface area contributed by atoms with Gasteiger partial charge in [-0.15, -0.1) is 0 Å². The number of hydrogen-bond donors (Lipinski definition) is 1. The molecule has 2 N–H and O–H groups in total. The molecule has 26 heavy (non-hydrogen) atoms. The van der Waals surface area contributed by atoms with E-state index in [9.17, 15) is 4.79 Å². The van der Waals surface area contributed by atoms with Gasteiger partial charge >= 0.3 is 5.69 Å². The zero-order chi connectivity index (χ0) is 18.8. The SMILES string of the molecule is C/C(=C(\ON)c1c(C)cccc1-n1nnn(C)c1=O)c1cccc(C)c1. The van der Waals surface area contributed by atoms with Crippen LogP contribution in [0, 0.1) is 13.8 Å². The number of aryl methyl sites for hydroxylation is 3. The molecule has 1 aromatic heterocycles. The Morgan fingerprint density at radius 1 is 1.12 bits per heavy atom. The van der Waals surface area contributed by atoms with Crippen LogP contribution in [0.4, 0.5) is 0 Å². The van der Waals surface area contributed by atoms with Crippen molar-refractivity contribution in [3.8, 4) is 5.69 Å². The van der Waals surface area contributed by atoms with Gasteiger partial charge in [0.25, 0.3) is 0 Å². The first-order chi connectivity index (χ1) is 12.4.